The van der Waals surface area contributed by atoms with Crippen molar-refractivity contribution < 1.29 is 23.5 Å². The Balaban J connectivity index is 1.69. The Morgan fingerprint density at radius 1 is 1.04 bits per heavy atom. The third-order valence-electron chi connectivity index (χ3n) is 4.08. The Kier molecular flexibility index (Phi) is 6.06. The van der Waals surface area contributed by atoms with Crippen molar-refractivity contribution >= 4 is 23.2 Å². The lowest BCUT2D eigenvalue weighted by molar-refractivity contribution is 0.0597. The highest BCUT2D eigenvalue weighted by atomic mass is 32.1. The van der Waals surface area contributed by atoms with Gasteiger partial charge in [-0.15, -0.1) is 11.3 Å². The second-order valence-electron chi connectivity index (χ2n) is 5.88. The summed E-state index contributed by atoms with van der Waals surface area (Å²) in [7, 11) is 2.77. The van der Waals surface area contributed by atoms with Crippen LogP contribution in [0.25, 0.3) is 10.4 Å². The fourth-order valence-corrected chi connectivity index (χ4v) is 3.56. The number of hydrogen-bond acceptors (Lipinski definition) is 5. The van der Waals surface area contributed by atoms with Crippen LogP contribution in [0, 0.1) is 5.82 Å². The van der Waals surface area contributed by atoms with Crippen LogP contribution in [0.15, 0.2) is 54.6 Å². The maximum Gasteiger partial charge on any atom is 0.341 e. The Morgan fingerprint density at radius 3 is 2.46 bits per heavy atom. The molecule has 7 heteroatoms. The Labute approximate surface area is 165 Å². The lowest BCUT2D eigenvalue weighted by Gasteiger charge is -2.10. The topological polar surface area (TPSA) is 64.6 Å². The molecule has 0 aliphatic rings. The fourth-order valence-electron chi connectivity index (χ4n) is 2.63. The third-order valence-corrected chi connectivity index (χ3v) is 5.21. The maximum atomic E-state index is 13.0. The van der Waals surface area contributed by atoms with Gasteiger partial charge in [0.1, 0.15) is 17.1 Å². The van der Waals surface area contributed by atoms with Crippen LogP contribution in [-0.2, 0) is 11.3 Å². The lowest BCUT2D eigenvalue weighted by Crippen LogP contribution is -2.22. The number of carbonyl (C=O) groups is 2. The van der Waals surface area contributed by atoms with Gasteiger partial charge in [0.15, 0.2) is 0 Å². The van der Waals surface area contributed by atoms with Crippen LogP contribution in [0.5, 0.6) is 5.75 Å². The van der Waals surface area contributed by atoms with E-state index < -0.39 is 5.97 Å². The van der Waals surface area contributed by atoms with Crippen LogP contribution in [0.4, 0.5) is 4.39 Å². The fraction of sp³-hybridized carbons (Fsp3) is 0.143. The molecular formula is C21H18FNO4S. The number of thiophene rings is 1. The summed E-state index contributed by atoms with van der Waals surface area (Å²) < 4.78 is 23.0. The molecular weight excluding hydrogens is 381 g/mol. The molecule has 0 saturated carbocycles. The molecule has 3 aromatic rings. The van der Waals surface area contributed by atoms with Crippen molar-refractivity contribution in [2.45, 2.75) is 6.54 Å². The van der Waals surface area contributed by atoms with Crippen LogP contribution in [0.2, 0.25) is 0 Å². The molecule has 5 nitrogen and oxygen atoms in total. The van der Waals surface area contributed by atoms with Crippen LogP contribution in [-0.4, -0.2) is 26.1 Å². The van der Waals surface area contributed by atoms with Crippen molar-refractivity contribution in [3.63, 3.8) is 0 Å². The van der Waals surface area contributed by atoms with E-state index in [4.69, 9.17) is 9.47 Å². The molecule has 0 spiro atoms. The first-order chi connectivity index (χ1) is 13.5. The van der Waals surface area contributed by atoms with Gasteiger partial charge in [0.2, 0.25) is 0 Å². The molecule has 3 rings (SSSR count). The molecule has 28 heavy (non-hydrogen) atoms. The lowest BCUT2D eigenvalue weighted by atomic mass is 10.1. The van der Waals surface area contributed by atoms with Crippen LogP contribution >= 0.6 is 11.3 Å². The van der Waals surface area contributed by atoms with Crippen molar-refractivity contribution in [2.24, 2.45) is 0 Å². The van der Waals surface area contributed by atoms with Gasteiger partial charge in [-0.2, -0.15) is 0 Å². The standard InChI is InChI=1S/C21H18FNO4S/c1-26-17-8-3-13(11-16(17)21(25)27-2)12-23-20(24)19-10-9-18(28-19)14-4-6-15(22)7-5-14/h3-11H,12H2,1-2H3,(H,23,24). The molecule has 0 aliphatic carbocycles. The summed E-state index contributed by atoms with van der Waals surface area (Å²) in [5.74, 6) is -0.630. The predicted octanol–water partition coefficient (Wildman–Crippen LogP) is 4.28. The Hall–Kier alpha value is -3.19. The predicted molar refractivity (Wildman–Crippen MR) is 105 cm³/mol. The van der Waals surface area contributed by atoms with Gasteiger partial charge >= 0.3 is 5.97 Å². The quantitative estimate of drug-likeness (QED) is 0.629. The number of carbonyl (C=O) groups excluding carboxylic acids is 2. The molecule has 1 aromatic heterocycles. The van der Waals surface area contributed by atoms with Gasteiger partial charge in [0, 0.05) is 11.4 Å². The smallest absolute Gasteiger partial charge is 0.341 e. The molecule has 0 fully saturated rings. The minimum atomic E-state index is -0.507. The number of amides is 1. The van der Waals surface area contributed by atoms with Crippen molar-refractivity contribution in [3.8, 4) is 16.2 Å². The first-order valence-corrected chi connectivity index (χ1v) is 9.22. The van der Waals surface area contributed by atoms with Crippen molar-refractivity contribution in [1.82, 2.24) is 5.32 Å². The average Bonchev–Trinajstić information content (AvgIpc) is 3.22. The number of rotatable bonds is 6. The number of methoxy groups -OCH3 is 2. The Morgan fingerprint density at radius 2 is 1.79 bits per heavy atom. The van der Waals surface area contributed by atoms with E-state index in [1.54, 1.807) is 36.4 Å². The first-order valence-electron chi connectivity index (χ1n) is 8.41. The zero-order valence-electron chi connectivity index (χ0n) is 15.3. The van der Waals surface area contributed by atoms with Gasteiger partial charge in [-0.3, -0.25) is 4.79 Å². The molecule has 2 aromatic carbocycles. The summed E-state index contributed by atoms with van der Waals surface area (Å²) in [5, 5.41) is 2.83. The molecule has 0 saturated heterocycles. The zero-order valence-corrected chi connectivity index (χ0v) is 16.1. The number of halogens is 1. The molecule has 1 heterocycles. The maximum absolute atomic E-state index is 13.0. The molecule has 1 amide bonds. The number of hydrogen-bond donors (Lipinski definition) is 1. The van der Waals surface area contributed by atoms with E-state index in [2.05, 4.69) is 5.32 Å². The number of nitrogens with one attached hydrogen (secondary N) is 1. The van der Waals surface area contributed by atoms with E-state index in [0.29, 0.717) is 16.2 Å². The van der Waals surface area contributed by atoms with Crippen molar-refractivity contribution in [1.29, 1.82) is 0 Å². The average molecular weight is 399 g/mol. The zero-order chi connectivity index (χ0) is 20.1. The van der Waals surface area contributed by atoms with Crippen molar-refractivity contribution in [2.75, 3.05) is 14.2 Å². The van der Waals surface area contributed by atoms with Gasteiger partial charge in [0.25, 0.3) is 5.91 Å². The van der Waals surface area contributed by atoms with Crippen LogP contribution < -0.4 is 10.1 Å². The molecule has 0 radical (unpaired) electrons. The molecule has 0 unspecified atom stereocenters. The van der Waals surface area contributed by atoms with E-state index in [9.17, 15) is 14.0 Å². The summed E-state index contributed by atoms with van der Waals surface area (Å²) in [6.45, 7) is 0.247. The van der Waals surface area contributed by atoms with E-state index >= 15 is 0 Å². The monoisotopic (exact) mass is 399 g/mol. The molecule has 0 aliphatic heterocycles. The first kappa shape index (κ1) is 19.6. The van der Waals surface area contributed by atoms with Gasteiger partial charge in [-0.05, 0) is 47.5 Å². The number of benzene rings is 2. The minimum Gasteiger partial charge on any atom is -0.496 e. The van der Waals surface area contributed by atoms with Crippen molar-refractivity contribution in [3.05, 3.63) is 76.4 Å². The minimum absolute atomic E-state index is 0.228. The van der Waals surface area contributed by atoms with Gasteiger partial charge in [-0.25, -0.2) is 9.18 Å². The van der Waals surface area contributed by atoms with Gasteiger partial charge in [0.05, 0.1) is 19.1 Å². The summed E-state index contributed by atoms with van der Waals surface area (Å²) >= 11 is 1.32. The van der Waals surface area contributed by atoms with Gasteiger partial charge < -0.3 is 14.8 Å². The SMILES string of the molecule is COC(=O)c1cc(CNC(=O)c2ccc(-c3ccc(F)cc3)s2)ccc1OC. The third kappa shape index (κ3) is 4.37. The second kappa shape index (κ2) is 8.67. The molecule has 1 N–H and O–H groups in total. The normalized spacial score (nSPS) is 10.4. The van der Waals surface area contributed by atoms with E-state index in [0.717, 1.165) is 16.0 Å². The largest absolute Gasteiger partial charge is 0.496 e. The summed E-state index contributed by atoms with van der Waals surface area (Å²) in [5.41, 5.74) is 1.89. The van der Waals surface area contributed by atoms with E-state index in [-0.39, 0.29) is 18.3 Å². The number of ether oxygens (including phenoxy) is 2. The highest BCUT2D eigenvalue weighted by molar-refractivity contribution is 7.17. The van der Waals surface area contributed by atoms with Crippen LogP contribution in [0.1, 0.15) is 25.6 Å². The summed E-state index contributed by atoms with van der Waals surface area (Å²) in [4.78, 5) is 25.7. The summed E-state index contributed by atoms with van der Waals surface area (Å²) in [6.07, 6.45) is 0. The molecule has 0 bridgehead atoms. The second-order valence-corrected chi connectivity index (χ2v) is 6.96. The van der Waals surface area contributed by atoms with E-state index in [1.807, 2.05) is 6.07 Å². The highest BCUT2D eigenvalue weighted by Gasteiger charge is 2.15. The summed E-state index contributed by atoms with van der Waals surface area (Å²) in [6, 6.07) is 14.7. The Bertz CT molecular complexity index is 998. The number of esters is 1. The van der Waals surface area contributed by atoms with E-state index in [1.165, 1.54) is 37.7 Å². The molecule has 144 valence electrons. The molecule has 0 atom stereocenters. The van der Waals surface area contributed by atoms with Gasteiger partial charge in [-0.1, -0.05) is 18.2 Å². The van der Waals surface area contributed by atoms with Crippen LogP contribution in [0.3, 0.4) is 0 Å². The highest BCUT2D eigenvalue weighted by Crippen LogP contribution is 2.28.